The average molecular weight is 492 g/mol. The van der Waals surface area contributed by atoms with Gasteiger partial charge in [-0.25, -0.2) is 20.6 Å². The highest BCUT2D eigenvalue weighted by Gasteiger charge is 2.45. The van der Waals surface area contributed by atoms with Gasteiger partial charge in [0.05, 0.1) is 23.8 Å². The van der Waals surface area contributed by atoms with E-state index in [1.165, 1.54) is 5.01 Å². The Morgan fingerprint density at radius 1 is 1.18 bits per heavy atom. The summed E-state index contributed by atoms with van der Waals surface area (Å²) in [6.07, 6.45) is 6.37. The molecule has 1 aromatic heterocycles. The van der Waals surface area contributed by atoms with Crippen molar-refractivity contribution in [3.63, 3.8) is 0 Å². The van der Waals surface area contributed by atoms with Crippen molar-refractivity contribution in [3.8, 4) is 11.6 Å². The van der Waals surface area contributed by atoms with Crippen LogP contribution in [0.2, 0.25) is 5.02 Å². The summed E-state index contributed by atoms with van der Waals surface area (Å²) in [5, 5.41) is 3.71. The van der Waals surface area contributed by atoms with Crippen LogP contribution in [-0.2, 0) is 4.74 Å². The smallest absolute Gasteiger partial charge is 0.425 e. The average Bonchev–Trinajstić information content (AvgIpc) is 2.80. The number of pyridine rings is 1. The number of amides is 1. The standard InChI is InChI=1S/C26H38ClN3O4/c1-7-26(8-2,30(28)24(31)34-25(3,4)5)18-9-11-19(12-10-18)33-22-15-17-13-14-29-23(32-6)20(17)16-21(22)27/h13-16,18-19H,7-12,28H2,1-6H3. The van der Waals surface area contributed by atoms with Gasteiger partial charge in [0.1, 0.15) is 11.4 Å². The third-order valence-corrected chi connectivity index (χ3v) is 7.29. The summed E-state index contributed by atoms with van der Waals surface area (Å²) in [5.74, 6) is 7.88. The molecular formula is C26H38ClN3O4. The summed E-state index contributed by atoms with van der Waals surface area (Å²) < 4.78 is 17.3. The van der Waals surface area contributed by atoms with Crippen LogP contribution in [0.25, 0.3) is 10.8 Å². The number of halogens is 1. The first-order valence-electron chi connectivity index (χ1n) is 12.1. The molecule has 0 bridgehead atoms. The monoisotopic (exact) mass is 491 g/mol. The molecule has 34 heavy (non-hydrogen) atoms. The fraction of sp³-hybridized carbons (Fsp3) is 0.615. The van der Waals surface area contributed by atoms with Gasteiger partial charge in [0.15, 0.2) is 0 Å². The van der Waals surface area contributed by atoms with Gasteiger partial charge < -0.3 is 14.2 Å². The molecule has 1 aliphatic carbocycles. The Kier molecular flexibility index (Phi) is 8.19. The lowest BCUT2D eigenvalue weighted by Gasteiger charge is -2.48. The van der Waals surface area contributed by atoms with E-state index in [-0.39, 0.29) is 12.0 Å². The molecule has 1 saturated carbocycles. The Bertz CT molecular complexity index is 995. The van der Waals surface area contributed by atoms with Crippen molar-refractivity contribution in [2.45, 2.75) is 90.4 Å². The molecule has 2 N–H and O–H groups in total. The Hall–Kier alpha value is -2.25. The molecular weight excluding hydrogens is 454 g/mol. The lowest BCUT2D eigenvalue weighted by atomic mass is 9.70. The summed E-state index contributed by atoms with van der Waals surface area (Å²) in [7, 11) is 1.59. The summed E-state index contributed by atoms with van der Waals surface area (Å²) in [6.45, 7) is 9.74. The molecule has 7 nitrogen and oxygen atoms in total. The number of nitrogens with two attached hydrogens (primary N) is 1. The van der Waals surface area contributed by atoms with E-state index in [0.29, 0.717) is 16.7 Å². The topological polar surface area (TPSA) is 86.9 Å². The van der Waals surface area contributed by atoms with E-state index in [2.05, 4.69) is 18.8 Å². The maximum absolute atomic E-state index is 12.8. The summed E-state index contributed by atoms with van der Waals surface area (Å²) in [4.78, 5) is 17.0. The van der Waals surface area contributed by atoms with Crippen molar-refractivity contribution in [2.24, 2.45) is 11.8 Å². The zero-order chi connectivity index (χ0) is 25.1. The second-order valence-corrected chi connectivity index (χ2v) is 10.5. The Morgan fingerprint density at radius 3 is 2.38 bits per heavy atom. The number of benzene rings is 1. The molecule has 1 aromatic carbocycles. The van der Waals surface area contributed by atoms with Crippen molar-refractivity contribution >= 4 is 28.5 Å². The lowest BCUT2D eigenvalue weighted by Crippen LogP contribution is -2.61. The number of hydrogen-bond donors (Lipinski definition) is 1. The molecule has 188 valence electrons. The van der Waals surface area contributed by atoms with Crippen LogP contribution >= 0.6 is 11.6 Å². The minimum Gasteiger partial charge on any atom is -0.489 e. The second kappa shape index (κ2) is 10.6. The number of carbonyl (C=O) groups is 1. The van der Waals surface area contributed by atoms with E-state index in [9.17, 15) is 4.79 Å². The van der Waals surface area contributed by atoms with Crippen molar-refractivity contribution in [1.82, 2.24) is 9.99 Å². The van der Waals surface area contributed by atoms with Gasteiger partial charge in [-0.3, -0.25) is 0 Å². The first-order valence-corrected chi connectivity index (χ1v) is 12.5. The SMILES string of the molecule is CCC(CC)(C1CCC(Oc2cc3ccnc(OC)c3cc2Cl)CC1)N(N)C(=O)OC(C)(C)C. The predicted molar refractivity (Wildman–Crippen MR) is 135 cm³/mol. The zero-order valence-corrected chi connectivity index (χ0v) is 21.9. The van der Waals surface area contributed by atoms with Gasteiger partial charge in [0.25, 0.3) is 0 Å². The molecule has 0 spiro atoms. The van der Waals surface area contributed by atoms with Gasteiger partial charge in [-0.2, -0.15) is 0 Å². The van der Waals surface area contributed by atoms with Crippen molar-refractivity contribution in [3.05, 3.63) is 29.4 Å². The molecule has 1 amide bonds. The van der Waals surface area contributed by atoms with E-state index in [0.717, 1.165) is 49.3 Å². The highest BCUT2D eigenvalue weighted by atomic mass is 35.5. The van der Waals surface area contributed by atoms with Crippen LogP contribution in [0, 0.1) is 5.92 Å². The molecule has 0 saturated heterocycles. The minimum atomic E-state index is -0.591. The third-order valence-electron chi connectivity index (χ3n) is 7.00. The molecule has 1 aliphatic rings. The number of hydrazine groups is 1. The third kappa shape index (κ3) is 5.52. The lowest BCUT2D eigenvalue weighted by molar-refractivity contribution is -0.0369. The van der Waals surface area contributed by atoms with Gasteiger partial charge >= 0.3 is 6.09 Å². The summed E-state index contributed by atoms with van der Waals surface area (Å²) in [5.41, 5.74) is -1.04. The van der Waals surface area contributed by atoms with E-state index >= 15 is 0 Å². The molecule has 0 unspecified atom stereocenters. The van der Waals surface area contributed by atoms with Crippen LogP contribution in [-0.4, -0.2) is 40.4 Å². The van der Waals surface area contributed by atoms with Gasteiger partial charge in [0, 0.05) is 11.6 Å². The zero-order valence-electron chi connectivity index (χ0n) is 21.2. The minimum absolute atomic E-state index is 0.0501. The molecule has 0 aliphatic heterocycles. The maximum Gasteiger partial charge on any atom is 0.425 e. The Labute approximate surface area is 207 Å². The van der Waals surface area contributed by atoms with Crippen LogP contribution in [0.4, 0.5) is 4.79 Å². The number of methoxy groups -OCH3 is 1. The molecule has 0 atom stereocenters. The van der Waals surface area contributed by atoms with Gasteiger partial charge in [-0.1, -0.05) is 25.4 Å². The molecule has 2 aromatic rings. The largest absolute Gasteiger partial charge is 0.489 e. The van der Waals surface area contributed by atoms with E-state index < -0.39 is 17.2 Å². The van der Waals surface area contributed by atoms with Gasteiger partial charge in [-0.15, -0.1) is 0 Å². The maximum atomic E-state index is 12.8. The number of hydrogen-bond acceptors (Lipinski definition) is 6. The molecule has 0 radical (unpaired) electrons. The van der Waals surface area contributed by atoms with Gasteiger partial charge in [-0.05, 0) is 88.8 Å². The first-order chi connectivity index (χ1) is 16.0. The quantitative estimate of drug-likeness (QED) is 0.270. The highest BCUT2D eigenvalue weighted by Crippen LogP contribution is 2.42. The number of aromatic nitrogens is 1. The van der Waals surface area contributed by atoms with Crippen molar-refractivity contribution in [1.29, 1.82) is 0 Å². The van der Waals surface area contributed by atoms with Crippen LogP contribution in [0.5, 0.6) is 11.6 Å². The Balaban J connectivity index is 1.71. The van der Waals surface area contributed by atoms with Crippen LogP contribution in [0.1, 0.15) is 73.1 Å². The number of rotatable bonds is 7. The number of nitrogens with zero attached hydrogens (tertiary/aromatic N) is 2. The molecule has 8 heteroatoms. The Morgan fingerprint density at radius 2 is 1.82 bits per heavy atom. The van der Waals surface area contributed by atoms with Crippen molar-refractivity contribution < 1.29 is 19.0 Å². The van der Waals surface area contributed by atoms with Gasteiger partial charge in [0.2, 0.25) is 5.88 Å². The van der Waals surface area contributed by atoms with Crippen molar-refractivity contribution in [2.75, 3.05) is 7.11 Å². The number of fused-ring (bicyclic) bond motifs is 1. The fourth-order valence-corrected chi connectivity index (χ4v) is 5.36. The number of carbonyl (C=O) groups excluding carboxylic acids is 1. The molecule has 1 heterocycles. The normalized spacial score (nSPS) is 19.1. The highest BCUT2D eigenvalue weighted by molar-refractivity contribution is 6.33. The number of ether oxygens (including phenoxy) is 3. The predicted octanol–water partition coefficient (Wildman–Crippen LogP) is 6.50. The fourth-order valence-electron chi connectivity index (χ4n) is 5.16. The molecule has 3 rings (SSSR count). The van der Waals surface area contributed by atoms with E-state index in [4.69, 9.17) is 31.7 Å². The van der Waals surface area contributed by atoms with E-state index in [1.54, 1.807) is 13.3 Å². The first kappa shape index (κ1) is 26.4. The van der Waals surface area contributed by atoms with Crippen LogP contribution in [0.15, 0.2) is 24.4 Å². The van der Waals surface area contributed by atoms with E-state index in [1.807, 2.05) is 39.0 Å². The van der Waals surface area contributed by atoms with Crippen LogP contribution < -0.4 is 15.3 Å². The van der Waals surface area contributed by atoms with Crippen LogP contribution in [0.3, 0.4) is 0 Å². The second-order valence-electron chi connectivity index (χ2n) is 10.1. The molecule has 1 fully saturated rings. The summed E-state index contributed by atoms with van der Waals surface area (Å²) >= 11 is 6.54. The summed E-state index contributed by atoms with van der Waals surface area (Å²) in [6, 6.07) is 5.71.